The van der Waals surface area contributed by atoms with Gasteiger partial charge in [0.2, 0.25) is 0 Å². The number of rotatable bonds is 10. The summed E-state index contributed by atoms with van der Waals surface area (Å²) in [6.07, 6.45) is 0.178. The van der Waals surface area contributed by atoms with Crippen molar-refractivity contribution in [2.75, 3.05) is 19.8 Å². The maximum atomic E-state index is 13.0. The van der Waals surface area contributed by atoms with E-state index in [4.69, 9.17) is 13.6 Å². The van der Waals surface area contributed by atoms with E-state index in [0.717, 1.165) is 0 Å². The number of halogens is 2. The molecule has 0 saturated heterocycles. The second-order valence-electron chi connectivity index (χ2n) is 3.43. The molecule has 0 aromatic carbocycles. The van der Waals surface area contributed by atoms with Crippen LogP contribution in [0.2, 0.25) is 12.1 Å². The minimum absolute atomic E-state index is 0.0279. The topological polar surface area (TPSA) is 44.8 Å². The molecule has 0 rings (SSSR count). The maximum Gasteiger partial charge on any atom is 0.474 e. The van der Waals surface area contributed by atoms with Gasteiger partial charge in [0.25, 0.3) is 0 Å². The number of hydrogen-bond donors (Lipinski definition) is 0. The molecule has 104 valence electrons. The van der Waals surface area contributed by atoms with Crippen LogP contribution in [0.3, 0.4) is 0 Å². The van der Waals surface area contributed by atoms with Crippen molar-refractivity contribution in [2.45, 2.75) is 39.3 Å². The lowest BCUT2D eigenvalue weighted by Gasteiger charge is -2.16. The highest BCUT2D eigenvalue weighted by atomic mass is 31.2. The molecule has 0 aromatic heterocycles. The van der Waals surface area contributed by atoms with E-state index >= 15 is 0 Å². The Bertz CT molecular complexity index is 243. The molecule has 0 amide bonds. The lowest BCUT2D eigenvalue weighted by molar-refractivity contribution is 0.121. The van der Waals surface area contributed by atoms with Gasteiger partial charge in [-0.25, -0.2) is 4.57 Å². The molecule has 0 saturated carbocycles. The van der Waals surface area contributed by atoms with Gasteiger partial charge in [-0.3, -0.25) is 21.8 Å². The third kappa shape index (κ3) is 7.99. The maximum absolute atomic E-state index is 13.0. The van der Waals surface area contributed by atoms with Crippen molar-refractivity contribution in [1.29, 1.82) is 0 Å². The van der Waals surface area contributed by atoms with Gasteiger partial charge in [-0.1, -0.05) is 6.92 Å². The Morgan fingerprint density at radius 2 is 1.59 bits per heavy atom. The van der Waals surface area contributed by atoms with Gasteiger partial charge in [0, 0.05) is 6.04 Å². The molecule has 0 N–H and O–H groups in total. The Balaban J connectivity index is 3.95. The fourth-order valence-corrected chi connectivity index (χ4v) is 3.34. The predicted octanol–water partition coefficient (Wildman–Crippen LogP) is 3.98. The van der Waals surface area contributed by atoms with E-state index in [1.807, 2.05) is 0 Å². The second kappa shape index (κ2) is 8.32. The van der Waals surface area contributed by atoms with Gasteiger partial charge in [0.1, 0.15) is 0 Å². The van der Waals surface area contributed by atoms with Crippen molar-refractivity contribution in [3.05, 3.63) is 0 Å². The lowest BCUT2D eigenvalue weighted by Crippen LogP contribution is -2.20. The molecule has 0 spiro atoms. The van der Waals surface area contributed by atoms with Crippen LogP contribution in [0.25, 0.3) is 0 Å². The van der Waals surface area contributed by atoms with Crippen molar-refractivity contribution in [3.63, 3.8) is 0 Å². The van der Waals surface area contributed by atoms with Crippen LogP contribution in [0.15, 0.2) is 0 Å². The first-order valence-electron chi connectivity index (χ1n) is 5.80. The van der Waals surface area contributed by atoms with Gasteiger partial charge < -0.3 is 0 Å². The summed E-state index contributed by atoms with van der Waals surface area (Å²) in [4.78, 5) is 0. The molecule has 8 heteroatoms. The van der Waals surface area contributed by atoms with Gasteiger partial charge in [0.05, 0.1) is 19.8 Å². The third-order valence-electron chi connectivity index (χ3n) is 2.03. The SMILES string of the molecule is CCOP(=O)(OCC)OCCC[Si](F)(F)CC. The zero-order valence-corrected chi connectivity index (χ0v) is 12.5. The van der Waals surface area contributed by atoms with E-state index in [1.165, 1.54) is 6.92 Å². The standard InChI is InChI=1S/C9H21F2O4PSi/c1-4-13-16(12,14-5-2)15-8-7-9-17(10,11)6-3/h4-9H2,1-3H3. The summed E-state index contributed by atoms with van der Waals surface area (Å²) in [7, 11) is -7.60. The van der Waals surface area contributed by atoms with Gasteiger partial charge >= 0.3 is 16.6 Å². The first-order chi connectivity index (χ1) is 7.89. The van der Waals surface area contributed by atoms with Gasteiger partial charge in [-0.15, -0.1) is 0 Å². The van der Waals surface area contributed by atoms with Crippen molar-refractivity contribution < 1.29 is 26.4 Å². The van der Waals surface area contributed by atoms with Crippen LogP contribution in [0.1, 0.15) is 27.2 Å². The second-order valence-corrected chi connectivity index (χ2v) is 8.02. The van der Waals surface area contributed by atoms with Crippen molar-refractivity contribution >= 4 is 16.6 Å². The summed E-state index contributed by atoms with van der Waals surface area (Å²) >= 11 is 0. The first kappa shape index (κ1) is 17.2. The Labute approximate surface area is 103 Å². The average molecular weight is 290 g/mol. The highest BCUT2D eigenvalue weighted by Crippen LogP contribution is 2.49. The average Bonchev–Trinajstić information content (AvgIpc) is 2.25. The van der Waals surface area contributed by atoms with Crippen LogP contribution < -0.4 is 0 Å². The van der Waals surface area contributed by atoms with Gasteiger partial charge in [0.15, 0.2) is 0 Å². The molecule has 0 aromatic rings. The molecular formula is C9H21F2O4PSi. The van der Waals surface area contributed by atoms with Crippen molar-refractivity contribution in [3.8, 4) is 0 Å². The molecule has 0 unspecified atom stereocenters. The molecule has 0 fully saturated rings. The molecule has 0 aliphatic carbocycles. The molecule has 0 radical (unpaired) electrons. The van der Waals surface area contributed by atoms with Crippen LogP contribution in [-0.4, -0.2) is 28.6 Å². The third-order valence-corrected chi connectivity index (χ3v) is 5.80. The fraction of sp³-hybridized carbons (Fsp3) is 1.00. The van der Waals surface area contributed by atoms with E-state index in [0.29, 0.717) is 0 Å². The number of hydrogen-bond acceptors (Lipinski definition) is 4. The van der Waals surface area contributed by atoms with Crippen LogP contribution in [0.5, 0.6) is 0 Å². The zero-order valence-electron chi connectivity index (χ0n) is 10.6. The molecule has 0 aliphatic heterocycles. The summed E-state index contributed by atoms with van der Waals surface area (Å²) in [5.74, 6) is 0. The van der Waals surface area contributed by atoms with Gasteiger partial charge in [-0.05, 0) is 26.3 Å². The van der Waals surface area contributed by atoms with Crippen molar-refractivity contribution in [1.82, 2.24) is 0 Å². The highest BCUT2D eigenvalue weighted by molar-refractivity contribution is 7.48. The molecule has 0 heterocycles. The molecule has 0 bridgehead atoms. The number of phosphoric acid groups is 1. The van der Waals surface area contributed by atoms with E-state index in [9.17, 15) is 12.8 Å². The zero-order chi connectivity index (χ0) is 13.4. The summed E-state index contributed by atoms with van der Waals surface area (Å²) in [5.41, 5.74) is 0. The highest BCUT2D eigenvalue weighted by Gasteiger charge is 2.32. The summed E-state index contributed by atoms with van der Waals surface area (Å²) < 4.78 is 52.5. The smallest absolute Gasteiger partial charge is 0.287 e. The normalized spacial score (nSPS) is 13.0. The minimum atomic E-state index is -4.06. The molecule has 17 heavy (non-hydrogen) atoms. The number of phosphoric ester groups is 1. The molecule has 0 atom stereocenters. The Hall–Kier alpha value is 0.187. The van der Waals surface area contributed by atoms with E-state index in [1.54, 1.807) is 13.8 Å². The van der Waals surface area contributed by atoms with Crippen LogP contribution in [0, 0.1) is 0 Å². The summed E-state index contributed by atoms with van der Waals surface area (Å²) in [5, 5.41) is 0. The molecule has 0 aliphatic rings. The van der Waals surface area contributed by atoms with Gasteiger partial charge in [-0.2, -0.15) is 0 Å². The molecule has 4 nitrogen and oxygen atoms in total. The Morgan fingerprint density at radius 3 is 2.00 bits per heavy atom. The minimum Gasteiger partial charge on any atom is -0.287 e. The van der Waals surface area contributed by atoms with Crippen LogP contribution in [-0.2, 0) is 18.1 Å². The molecular weight excluding hydrogens is 269 g/mol. The lowest BCUT2D eigenvalue weighted by atomic mass is 10.5. The Morgan fingerprint density at radius 1 is 1.06 bits per heavy atom. The monoisotopic (exact) mass is 290 g/mol. The van der Waals surface area contributed by atoms with Crippen molar-refractivity contribution in [2.24, 2.45) is 0 Å². The van der Waals surface area contributed by atoms with E-state index in [-0.39, 0.29) is 38.3 Å². The first-order valence-corrected chi connectivity index (χ1v) is 9.43. The summed E-state index contributed by atoms with van der Waals surface area (Å²) in [6.45, 7) is 5.16. The van der Waals surface area contributed by atoms with E-state index < -0.39 is 16.6 Å². The summed E-state index contributed by atoms with van der Waals surface area (Å²) in [6, 6.07) is -0.219. The Kier molecular flexibility index (Phi) is 8.41. The van der Waals surface area contributed by atoms with Crippen LogP contribution >= 0.6 is 7.82 Å². The fourth-order valence-electron chi connectivity index (χ4n) is 1.11. The van der Waals surface area contributed by atoms with E-state index in [2.05, 4.69) is 0 Å². The largest absolute Gasteiger partial charge is 0.474 e. The quantitative estimate of drug-likeness (QED) is 0.264. The van der Waals surface area contributed by atoms with Crippen LogP contribution in [0.4, 0.5) is 8.22 Å². The predicted molar refractivity (Wildman–Crippen MR) is 64.7 cm³/mol.